The summed E-state index contributed by atoms with van der Waals surface area (Å²) in [6.07, 6.45) is 73.0. The monoisotopic (exact) mass is 897 g/mol. The van der Waals surface area contributed by atoms with Gasteiger partial charge in [-0.15, -0.1) is 0 Å². The maximum absolute atomic E-state index is 12.8. The number of carbonyl (C=O) groups is 3. The van der Waals surface area contributed by atoms with Crippen molar-refractivity contribution in [2.75, 3.05) is 13.2 Å². The summed E-state index contributed by atoms with van der Waals surface area (Å²) in [5.74, 6) is -1.00. The molecule has 0 aromatic rings. The molecule has 0 aliphatic heterocycles. The first-order valence-electron chi connectivity index (χ1n) is 25.7. The zero-order valence-corrected chi connectivity index (χ0v) is 41.4. The van der Waals surface area contributed by atoms with Gasteiger partial charge in [0.05, 0.1) is 0 Å². The van der Waals surface area contributed by atoms with Gasteiger partial charge in [-0.25, -0.2) is 0 Å². The number of esters is 3. The molecule has 0 saturated carbocycles. The van der Waals surface area contributed by atoms with Gasteiger partial charge in [0.15, 0.2) is 6.10 Å². The number of allylic oxidation sites excluding steroid dienone is 22. The largest absolute Gasteiger partial charge is 0.462 e. The molecule has 0 radical (unpaired) electrons. The lowest BCUT2D eigenvalue weighted by Crippen LogP contribution is -2.30. The highest BCUT2D eigenvalue weighted by Crippen LogP contribution is 2.12. The first kappa shape index (κ1) is 60.5. The second kappa shape index (κ2) is 52.2. The Hall–Kier alpha value is -4.45. The Bertz CT molecular complexity index is 1450. The van der Waals surface area contributed by atoms with Crippen LogP contribution in [0.4, 0.5) is 0 Å². The van der Waals surface area contributed by atoms with E-state index in [1.807, 2.05) is 0 Å². The number of hydrogen-bond donors (Lipinski definition) is 0. The average molecular weight is 897 g/mol. The molecule has 0 amide bonds. The van der Waals surface area contributed by atoms with Gasteiger partial charge >= 0.3 is 17.9 Å². The Morgan fingerprint density at radius 3 is 0.877 bits per heavy atom. The van der Waals surface area contributed by atoms with Gasteiger partial charge in [-0.05, 0) is 128 Å². The molecule has 0 aromatic heterocycles. The number of carbonyl (C=O) groups excluding carboxylic acids is 3. The van der Waals surface area contributed by atoms with Crippen molar-refractivity contribution in [1.82, 2.24) is 0 Å². The van der Waals surface area contributed by atoms with Gasteiger partial charge < -0.3 is 14.2 Å². The minimum atomic E-state index is -0.818. The molecule has 0 aliphatic carbocycles. The number of unbranched alkanes of at least 4 members (excludes halogenated alkanes) is 11. The zero-order valence-electron chi connectivity index (χ0n) is 41.4. The highest BCUT2D eigenvalue weighted by molar-refractivity contribution is 5.71. The topological polar surface area (TPSA) is 78.9 Å². The molecule has 6 nitrogen and oxygen atoms in total. The van der Waals surface area contributed by atoms with E-state index in [1.54, 1.807) is 0 Å². The van der Waals surface area contributed by atoms with Crippen LogP contribution >= 0.6 is 0 Å². The van der Waals surface area contributed by atoms with Gasteiger partial charge in [0, 0.05) is 19.3 Å². The summed E-state index contributed by atoms with van der Waals surface area (Å²) in [5.41, 5.74) is 0. The molecule has 6 heteroatoms. The van der Waals surface area contributed by atoms with Crippen molar-refractivity contribution in [3.8, 4) is 0 Å². The van der Waals surface area contributed by atoms with Crippen molar-refractivity contribution in [2.45, 2.75) is 207 Å². The van der Waals surface area contributed by atoms with E-state index in [9.17, 15) is 14.4 Å². The summed E-state index contributed by atoms with van der Waals surface area (Å²) in [6.45, 7) is 6.20. The van der Waals surface area contributed by atoms with Crippen LogP contribution in [0.1, 0.15) is 201 Å². The summed E-state index contributed by atoms with van der Waals surface area (Å²) in [6, 6.07) is 0. The van der Waals surface area contributed by atoms with E-state index >= 15 is 0 Å². The molecule has 0 fully saturated rings. The van der Waals surface area contributed by atoms with Crippen LogP contribution in [0, 0.1) is 0 Å². The highest BCUT2D eigenvalue weighted by Gasteiger charge is 2.19. The third-order valence-electron chi connectivity index (χ3n) is 10.1. The van der Waals surface area contributed by atoms with Crippen LogP contribution in [0.25, 0.3) is 0 Å². The fourth-order valence-corrected chi connectivity index (χ4v) is 6.38. The van der Waals surface area contributed by atoms with Gasteiger partial charge in [-0.2, -0.15) is 0 Å². The maximum Gasteiger partial charge on any atom is 0.306 e. The van der Waals surface area contributed by atoms with Crippen LogP contribution in [0.15, 0.2) is 134 Å². The lowest BCUT2D eigenvalue weighted by molar-refractivity contribution is -0.167. The van der Waals surface area contributed by atoms with Crippen LogP contribution in [-0.2, 0) is 28.6 Å². The van der Waals surface area contributed by atoms with Crippen LogP contribution in [0.3, 0.4) is 0 Å². The third-order valence-corrected chi connectivity index (χ3v) is 10.1. The molecule has 65 heavy (non-hydrogen) atoms. The van der Waals surface area contributed by atoms with Gasteiger partial charge in [0.1, 0.15) is 13.2 Å². The molecule has 0 spiro atoms. The summed E-state index contributed by atoms with van der Waals surface area (Å²) >= 11 is 0. The van der Waals surface area contributed by atoms with Crippen molar-refractivity contribution >= 4 is 17.9 Å². The van der Waals surface area contributed by atoms with Crippen LogP contribution < -0.4 is 0 Å². The minimum absolute atomic E-state index is 0.115. The number of rotatable bonds is 44. The van der Waals surface area contributed by atoms with E-state index in [0.717, 1.165) is 154 Å². The summed E-state index contributed by atoms with van der Waals surface area (Å²) in [4.78, 5) is 38.0. The lowest BCUT2D eigenvalue weighted by atomic mass is 10.1. The molecule has 0 aliphatic rings. The first-order valence-corrected chi connectivity index (χ1v) is 25.7. The molecular formula is C59H92O6. The van der Waals surface area contributed by atoms with E-state index in [4.69, 9.17) is 14.2 Å². The second-order valence-corrected chi connectivity index (χ2v) is 16.3. The van der Waals surface area contributed by atoms with E-state index in [-0.39, 0.29) is 37.5 Å². The molecule has 0 rings (SSSR count). The van der Waals surface area contributed by atoms with Crippen LogP contribution in [0.5, 0.6) is 0 Å². The molecule has 364 valence electrons. The average Bonchev–Trinajstić information content (AvgIpc) is 3.30. The SMILES string of the molecule is CC/C=C\C/C=C\C/C=C\C/C=C\C/C=C\CCCCCCCC(=O)OCC(COC(=O)CCCCC/C=C\C/C=C\C/C=C\CC)OC(=O)CCCCC/C=C\C/C=C\C/C=C\CC. The fourth-order valence-electron chi connectivity index (χ4n) is 6.38. The lowest BCUT2D eigenvalue weighted by Gasteiger charge is -2.18. The van der Waals surface area contributed by atoms with E-state index in [2.05, 4.69) is 154 Å². The molecule has 0 bridgehead atoms. The Balaban J connectivity index is 4.48. The van der Waals surface area contributed by atoms with Crippen molar-refractivity contribution < 1.29 is 28.6 Å². The third kappa shape index (κ3) is 50.4. The van der Waals surface area contributed by atoms with E-state index in [1.165, 1.54) is 0 Å². The van der Waals surface area contributed by atoms with Crippen molar-refractivity contribution in [1.29, 1.82) is 0 Å². The van der Waals surface area contributed by atoms with Gasteiger partial charge in [-0.1, -0.05) is 187 Å². The van der Waals surface area contributed by atoms with Crippen molar-refractivity contribution in [2.24, 2.45) is 0 Å². The fraction of sp³-hybridized carbons (Fsp3) is 0.576. The standard InChI is InChI=1S/C59H92O6/c1-4-7-10-13-16-19-22-25-26-27-28-29-30-31-32-35-37-40-43-46-49-52-58(61)64-55-56(65-59(62)53-50-47-44-41-38-34-24-21-18-15-12-9-6-3)54-63-57(60)51-48-45-42-39-36-33-23-20-17-14-11-8-5-2/h7-12,16-21,25-26,28-29,31-34,36,38,56H,4-6,13-15,22-24,27,30,35,37,39-55H2,1-3H3/b10-7-,11-8-,12-9-,19-16-,20-17-,21-18-,26-25-,29-28-,32-31-,36-33-,38-34-. The van der Waals surface area contributed by atoms with E-state index < -0.39 is 6.10 Å². The quantitative estimate of drug-likeness (QED) is 0.0262. The minimum Gasteiger partial charge on any atom is -0.462 e. The molecular weight excluding hydrogens is 805 g/mol. The summed E-state index contributed by atoms with van der Waals surface area (Å²) < 4.78 is 16.7. The first-order chi connectivity index (χ1) is 32.0. The van der Waals surface area contributed by atoms with Gasteiger partial charge in [-0.3, -0.25) is 14.4 Å². The predicted octanol–water partition coefficient (Wildman–Crippen LogP) is 17.1. The molecule has 0 aromatic carbocycles. The van der Waals surface area contributed by atoms with E-state index in [0.29, 0.717) is 19.3 Å². The maximum atomic E-state index is 12.8. The Kier molecular flexibility index (Phi) is 48.6. The van der Waals surface area contributed by atoms with Gasteiger partial charge in [0.2, 0.25) is 0 Å². The number of ether oxygens (including phenoxy) is 3. The second-order valence-electron chi connectivity index (χ2n) is 16.3. The van der Waals surface area contributed by atoms with Crippen LogP contribution in [-0.4, -0.2) is 37.2 Å². The molecule has 1 unspecified atom stereocenters. The summed E-state index contributed by atoms with van der Waals surface area (Å²) in [7, 11) is 0. The molecule has 0 N–H and O–H groups in total. The Labute approximate surface area is 398 Å². The molecule has 0 saturated heterocycles. The normalized spacial score (nSPS) is 13.2. The zero-order chi connectivity index (χ0) is 47.2. The molecule has 0 heterocycles. The smallest absolute Gasteiger partial charge is 0.306 e. The van der Waals surface area contributed by atoms with Crippen molar-refractivity contribution in [3.63, 3.8) is 0 Å². The highest BCUT2D eigenvalue weighted by atomic mass is 16.6. The Morgan fingerprint density at radius 2 is 0.554 bits per heavy atom. The van der Waals surface area contributed by atoms with Gasteiger partial charge in [0.25, 0.3) is 0 Å². The number of hydrogen-bond acceptors (Lipinski definition) is 6. The van der Waals surface area contributed by atoms with Crippen LogP contribution in [0.2, 0.25) is 0 Å². The molecule has 1 atom stereocenters. The predicted molar refractivity (Wildman–Crippen MR) is 279 cm³/mol. The summed E-state index contributed by atoms with van der Waals surface area (Å²) in [5, 5.41) is 0. The Morgan fingerprint density at radius 1 is 0.308 bits per heavy atom. The van der Waals surface area contributed by atoms with Crippen molar-refractivity contribution in [3.05, 3.63) is 134 Å².